The fourth-order valence-electron chi connectivity index (χ4n) is 3.18. The first-order valence-corrected chi connectivity index (χ1v) is 7.57. The van der Waals surface area contributed by atoms with E-state index in [0.29, 0.717) is 0 Å². The van der Waals surface area contributed by atoms with Gasteiger partial charge in [-0.25, -0.2) is 0 Å². The molecule has 0 bridgehead atoms. The smallest absolute Gasteiger partial charge is 0.00698 e. The fraction of sp³-hybridized carbons (Fsp3) is 0.647. The minimum atomic E-state index is 0.772. The second-order valence-corrected chi connectivity index (χ2v) is 5.88. The van der Waals surface area contributed by atoms with E-state index in [-0.39, 0.29) is 0 Å². The lowest BCUT2D eigenvalue weighted by molar-refractivity contribution is 0.284. The van der Waals surface area contributed by atoms with Gasteiger partial charge in [-0.3, -0.25) is 0 Å². The number of aryl methyl sites for hydroxylation is 1. The summed E-state index contributed by atoms with van der Waals surface area (Å²) in [6.45, 7) is 5.62. The minimum Gasteiger partial charge on any atom is -0.314 e. The van der Waals surface area contributed by atoms with Crippen LogP contribution in [0.4, 0.5) is 0 Å². The van der Waals surface area contributed by atoms with Gasteiger partial charge in [0.05, 0.1) is 0 Å². The molecule has 1 saturated carbocycles. The van der Waals surface area contributed by atoms with Crippen LogP contribution in [0.1, 0.15) is 50.2 Å². The highest BCUT2D eigenvalue weighted by atomic mass is 14.9. The largest absolute Gasteiger partial charge is 0.314 e. The molecule has 0 spiro atoms. The molecule has 2 atom stereocenters. The van der Waals surface area contributed by atoms with Crippen molar-refractivity contribution in [3.8, 4) is 0 Å². The Morgan fingerprint density at radius 2 is 2.17 bits per heavy atom. The van der Waals surface area contributed by atoms with Crippen molar-refractivity contribution >= 4 is 0 Å². The van der Waals surface area contributed by atoms with E-state index in [0.717, 1.165) is 12.0 Å². The first kappa shape index (κ1) is 13.6. The Labute approximate surface area is 112 Å². The van der Waals surface area contributed by atoms with Crippen molar-refractivity contribution in [3.05, 3.63) is 35.4 Å². The van der Waals surface area contributed by atoms with Gasteiger partial charge in [0.15, 0.2) is 0 Å². The number of hydrogen-bond acceptors (Lipinski definition) is 1. The van der Waals surface area contributed by atoms with Crippen molar-refractivity contribution in [3.63, 3.8) is 0 Å². The highest BCUT2D eigenvalue weighted by molar-refractivity contribution is 5.22. The molecule has 18 heavy (non-hydrogen) atoms. The molecule has 0 radical (unpaired) electrons. The molecule has 1 heteroatoms. The van der Waals surface area contributed by atoms with Crippen molar-refractivity contribution in [1.82, 2.24) is 5.32 Å². The molecule has 1 N–H and O–H groups in total. The van der Waals surface area contributed by atoms with Crippen LogP contribution in [0.15, 0.2) is 24.3 Å². The molecule has 0 aromatic heterocycles. The van der Waals surface area contributed by atoms with Crippen LogP contribution in [-0.2, 0) is 6.42 Å². The third-order valence-electron chi connectivity index (χ3n) is 4.07. The third-order valence-corrected chi connectivity index (χ3v) is 4.07. The molecule has 1 fully saturated rings. The number of nitrogens with one attached hydrogen (secondary N) is 1. The topological polar surface area (TPSA) is 12.0 Å². The standard InChI is InChI=1S/C17H27N/c1-3-10-18-17-9-5-8-16(13-17)12-15-7-4-6-14(2)11-15/h4,6-7,11,16-18H,3,5,8-10,12-13H2,1-2H3. The van der Waals surface area contributed by atoms with Crippen molar-refractivity contribution in [2.45, 2.75) is 58.4 Å². The molecule has 1 nitrogen and oxygen atoms in total. The van der Waals surface area contributed by atoms with Gasteiger partial charge in [0.25, 0.3) is 0 Å². The van der Waals surface area contributed by atoms with Crippen LogP contribution in [0.5, 0.6) is 0 Å². The lowest BCUT2D eigenvalue weighted by Gasteiger charge is -2.30. The summed E-state index contributed by atoms with van der Waals surface area (Å²) in [6.07, 6.45) is 8.08. The van der Waals surface area contributed by atoms with Crippen LogP contribution in [0, 0.1) is 12.8 Å². The third kappa shape index (κ3) is 4.13. The van der Waals surface area contributed by atoms with Crippen molar-refractivity contribution in [1.29, 1.82) is 0 Å². The Kier molecular flexibility index (Phi) is 5.25. The van der Waals surface area contributed by atoms with Crippen LogP contribution in [-0.4, -0.2) is 12.6 Å². The quantitative estimate of drug-likeness (QED) is 0.823. The monoisotopic (exact) mass is 245 g/mol. The molecule has 1 aliphatic rings. The van der Waals surface area contributed by atoms with E-state index in [2.05, 4.69) is 43.4 Å². The van der Waals surface area contributed by atoms with Gasteiger partial charge >= 0.3 is 0 Å². The van der Waals surface area contributed by atoms with Crippen molar-refractivity contribution in [2.24, 2.45) is 5.92 Å². The van der Waals surface area contributed by atoms with Crippen LogP contribution in [0.25, 0.3) is 0 Å². The van der Waals surface area contributed by atoms with Gasteiger partial charge in [-0.1, -0.05) is 49.6 Å². The van der Waals surface area contributed by atoms with Crippen LogP contribution in [0.2, 0.25) is 0 Å². The molecule has 0 aliphatic heterocycles. The summed E-state index contributed by atoms with van der Waals surface area (Å²) in [5.74, 6) is 0.884. The van der Waals surface area contributed by atoms with E-state index >= 15 is 0 Å². The summed E-state index contributed by atoms with van der Waals surface area (Å²) in [5.41, 5.74) is 2.92. The van der Waals surface area contributed by atoms with Gasteiger partial charge < -0.3 is 5.32 Å². The molecule has 100 valence electrons. The van der Waals surface area contributed by atoms with E-state index in [1.54, 1.807) is 0 Å². The molecule has 2 unspecified atom stereocenters. The summed E-state index contributed by atoms with van der Waals surface area (Å²) in [4.78, 5) is 0. The van der Waals surface area contributed by atoms with Gasteiger partial charge in [0.1, 0.15) is 0 Å². The summed E-state index contributed by atoms with van der Waals surface area (Å²) < 4.78 is 0. The second kappa shape index (κ2) is 6.94. The molecule has 1 aromatic carbocycles. The van der Waals surface area contributed by atoms with Crippen LogP contribution < -0.4 is 5.32 Å². The normalized spacial score (nSPS) is 24.1. The van der Waals surface area contributed by atoms with Gasteiger partial charge in [0.2, 0.25) is 0 Å². The maximum absolute atomic E-state index is 3.70. The second-order valence-electron chi connectivity index (χ2n) is 5.88. The van der Waals surface area contributed by atoms with Gasteiger partial charge in [-0.2, -0.15) is 0 Å². The van der Waals surface area contributed by atoms with E-state index in [1.807, 2.05) is 0 Å². The molecule has 2 rings (SSSR count). The summed E-state index contributed by atoms with van der Waals surface area (Å²) in [7, 11) is 0. The zero-order chi connectivity index (χ0) is 12.8. The Balaban J connectivity index is 1.85. The first-order chi connectivity index (χ1) is 8.78. The van der Waals surface area contributed by atoms with Gasteiger partial charge in [0, 0.05) is 6.04 Å². The predicted octanol–water partition coefficient (Wildman–Crippen LogP) is 4.10. The van der Waals surface area contributed by atoms with E-state index < -0.39 is 0 Å². The Hall–Kier alpha value is -0.820. The molecule has 0 saturated heterocycles. The van der Waals surface area contributed by atoms with Crippen molar-refractivity contribution < 1.29 is 0 Å². The Bertz CT molecular complexity index is 358. The lowest BCUT2D eigenvalue weighted by Crippen LogP contribution is -2.35. The molecular weight excluding hydrogens is 218 g/mol. The summed E-state index contributed by atoms with van der Waals surface area (Å²) >= 11 is 0. The fourth-order valence-corrected chi connectivity index (χ4v) is 3.18. The van der Waals surface area contributed by atoms with Gasteiger partial charge in [-0.15, -0.1) is 0 Å². The molecule has 1 aromatic rings. The highest BCUT2D eigenvalue weighted by Gasteiger charge is 2.21. The molecular formula is C17H27N. The van der Waals surface area contributed by atoms with Crippen molar-refractivity contribution in [2.75, 3.05) is 6.54 Å². The van der Waals surface area contributed by atoms with E-state index in [4.69, 9.17) is 0 Å². The van der Waals surface area contributed by atoms with Crippen LogP contribution >= 0.6 is 0 Å². The SMILES string of the molecule is CCCNC1CCCC(Cc2cccc(C)c2)C1. The molecule has 0 heterocycles. The molecule has 0 amide bonds. The van der Waals surface area contributed by atoms with E-state index in [9.17, 15) is 0 Å². The Morgan fingerprint density at radius 1 is 1.28 bits per heavy atom. The Morgan fingerprint density at radius 3 is 2.94 bits per heavy atom. The highest BCUT2D eigenvalue weighted by Crippen LogP contribution is 2.27. The molecule has 1 aliphatic carbocycles. The number of hydrogen-bond donors (Lipinski definition) is 1. The zero-order valence-electron chi connectivity index (χ0n) is 11.9. The maximum atomic E-state index is 3.70. The number of benzene rings is 1. The van der Waals surface area contributed by atoms with Gasteiger partial charge in [-0.05, 0) is 50.6 Å². The summed E-state index contributed by atoms with van der Waals surface area (Å²) in [6, 6.07) is 9.80. The minimum absolute atomic E-state index is 0.772. The maximum Gasteiger partial charge on any atom is 0.00698 e. The van der Waals surface area contributed by atoms with Crippen LogP contribution in [0.3, 0.4) is 0 Å². The van der Waals surface area contributed by atoms with E-state index in [1.165, 1.54) is 56.2 Å². The summed E-state index contributed by atoms with van der Waals surface area (Å²) in [5, 5.41) is 3.70. The lowest BCUT2D eigenvalue weighted by atomic mass is 9.82. The number of rotatable bonds is 5. The average Bonchev–Trinajstić information content (AvgIpc) is 2.37. The first-order valence-electron chi connectivity index (χ1n) is 7.57. The zero-order valence-corrected chi connectivity index (χ0v) is 11.9. The average molecular weight is 245 g/mol. The predicted molar refractivity (Wildman–Crippen MR) is 78.9 cm³/mol.